The SMILES string of the molecule is C[C@H](CNCCc1c[nH]c2ccccc12)NS(=O)(=O)c1ccc2cnccc2c1.Cl. The lowest BCUT2D eigenvalue weighted by atomic mass is 10.1. The normalized spacial score (nSPS) is 12.7. The summed E-state index contributed by atoms with van der Waals surface area (Å²) in [7, 11) is -3.58. The van der Waals surface area contributed by atoms with Crippen LogP contribution in [0.4, 0.5) is 0 Å². The molecule has 0 aliphatic rings. The minimum atomic E-state index is -3.58. The molecule has 2 heterocycles. The van der Waals surface area contributed by atoms with Crippen molar-refractivity contribution in [3.8, 4) is 0 Å². The zero-order valence-electron chi connectivity index (χ0n) is 16.6. The van der Waals surface area contributed by atoms with Gasteiger partial charge in [0.2, 0.25) is 10.0 Å². The summed E-state index contributed by atoms with van der Waals surface area (Å²) in [5.41, 5.74) is 2.39. The lowest BCUT2D eigenvalue weighted by Crippen LogP contribution is -2.40. The van der Waals surface area contributed by atoms with Crippen LogP contribution >= 0.6 is 12.4 Å². The van der Waals surface area contributed by atoms with Crippen LogP contribution in [0.15, 0.2) is 72.0 Å². The molecule has 30 heavy (non-hydrogen) atoms. The molecular weight excluding hydrogens is 420 g/mol. The highest BCUT2D eigenvalue weighted by Gasteiger charge is 2.17. The minimum absolute atomic E-state index is 0. The van der Waals surface area contributed by atoms with Crippen LogP contribution in [0.1, 0.15) is 12.5 Å². The number of benzene rings is 2. The third-order valence-corrected chi connectivity index (χ3v) is 6.56. The fourth-order valence-electron chi connectivity index (χ4n) is 3.48. The Morgan fingerprint density at radius 1 is 1.10 bits per heavy atom. The maximum Gasteiger partial charge on any atom is 0.240 e. The highest BCUT2D eigenvalue weighted by molar-refractivity contribution is 7.89. The number of nitrogens with zero attached hydrogens (tertiary/aromatic N) is 1. The molecule has 8 heteroatoms. The van der Waals surface area contributed by atoms with Crippen LogP contribution in [0.2, 0.25) is 0 Å². The first-order valence-electron chi connectivity index (χ1n) is 9.65. The second kappa shape index (κ2) is 9.57. The van der Waals surface area contributed by atoms with Crippen molar-refractivity contribution in [3.63, 3.8) is 0 Å². The maximum absolute atomic E-state index is 12.7. The number of fused-ring (bicyclic) bond motifs is 2. The third-order valence-electron chi connectivity index (χ3n) is 4.98. The van der Waals surface area contributed by atoms with Crippen LogP contribution < -0.4 is 10.0 Å². The Labute approximate surface area is 182 Å². The van der Waals surface area contributed by atoms with Gasteiger partial charge in [-0.25, -0.2) is 13.1 Å². The molecule has 0 saturated carbocycles. The molecule has 2 aromatic carbocycles. The van der Waals surface area contributed by atoms with Crippen molar-refractivity contribution in [1.82, 2.24) is 20.0 Å². The molecule has 0 radical (unpaired) electrons. The molecule has 0 fully saturated rings. The number of pyridine rings is 1. The molecule has 0 bridgehead atoms. The number of hydrogen-bond donors (Lipinski definition) is 3. The van der Waals surface area contributed by atoms with E-state index in [4.69, 9.17) is 0 Å². The first-order valence-corrected chi connectivity index (χ1v) is 11.1. The van der Waals surface area contributed by atoms with Crippen LogP contribution in [0, 0.1) is 0 Å². The molecule has 4 aromatic rings. The van der Waals surface area contributed by atoms with E-state index in [9.17, 15) is 8.42 Å². The van der Waals surface area contributed by atoms with Crippen molar-refractivity contribution >= 4 is 44.1 Å². The van der Waals surface area contributed by atoms with E-state index in [-0.39, 0.29) is 23.3 Å². The molecule has 0 aliphatic carbocycles. The van der Waals surface area contributed by atoms with Crippen molar-refractivity contribution in [2.24, 2.45) is 0 Å². The number of aromatic nitrogens is 2. The maximum atomic E-state index is 12.7. The van der Waals surface area contributed by atoms with E-state index >= 15 is 0 Å². The van der Waals surface area contributed by atoms with Gasteiger partial charge in [-0.3, -0.25) is 4.98 Å². The molecule has 0 unspecified atom stereocenters. The molecule has 158 valence electrons. The minimum Gasteiger partial charge on any atom is -0.361 e. The summed E-state index contributed by atoms with van der Waals surface area (Å²) in [6, 6.07) is 14.9. The van der Waals surface area contributed by atoms with Crippen molar-refractivity contribution in [1.29, 1.82) is 0 Å². The predicted octanol–water partition coefficient (Wildman–Crippen LogP) is 3.64. The van der Waals surface area contributed by atoms with Crippen molar-refractivity contribution in [2.45, 2.75) is 24.3 Å². The lowest BCUT2D eigenvalue weighted by molar-refractivity contribution is 0.537. The molecule has 4 rings (SSSR count). The summed E-state index contributed by atoms with van der Waals surface area (Å²) in [6.45, 7) is 3.19. The van der Waals surface area contributed by atoms with Gasteiger partial charge in [0.25, 0.3) is 0 Å². The molecule has 0 spiro atoms. The highest BCUT2D eigenvalue weighted by atomic mass is 35.5. The second-order valence-corrected chi connectivity index (χ2v) is 8.93. The van der Waals surface area contributed by atoms with E-state index in [0.717, 1.165) is 29.3 Å². The first-order chi connectivity index (χ1) is 14.0. The molecule has 1 atom stereocenters. The summed E-state index contributed by atoms with van der Waals surface area (Å²) in [5.74, 6) is 0. The average Bonchev–Trinajstić information content (AvgIpc) is 3.14. The van der Waals surface area contributed by atoms with Gasteiger partial charge in [-0.2, -0.15) is 0 Å². The van der Waals surface area contributed by atoms with Gasteiger partial charge >= 0.3 is 0 Å². The van der Waals surface area contributed by atoms with Gasteiger partial charge in [0, 0.05) is 47.5 Å². The van der Waals surface area contributed by atoms with E-state index in [1.165, 1.54) is 10.9 Å². The smallest absolute Gasteiger partial charge is 0.240 e. The zero-order valence-corrected chi connectivity index (χ0v) is 18.3. The molecule has 0 amide bonds. The van der Waals surface area contributed by atoms with Gasteiger partial charge in [0.1, 0.15) is 0 Å². The Hall–Kier alpha value is -2.45. The fourth-order valence-corrected chi connectivity index (χ4v) is 4.76. The molecule has 0 aliphatic heterocycles. The Morgan fingerprint density at radius 2 is 1.93 bits per heavy atom. The van der Waals surface area contributed by atoms with Crippen molar-refractivity contribution < 1.29 is 8.42 Å². The van der Waals surface area contributed by atoms with E-state index < -0.39 is 10.0 Å². The van der Waals surface area contributed by atoms with Crippen LogP contribution in [0.25, 0.3) is 21.7 Å². The molecular formula is C22H25ClN4O2S. The van der Waals surface area contributed by atoms with E-state index in [0.29, 0.717) is 6.54 Å². The number of rotatable bonds is 8. The number of H-pyrrole nitrogens is 1. The van der Waals surface area contributed by atoms with E-state index in [1.807, 2.05) is 31.3 Å². The standard InChI is InChI=1S/C22H24N4O2S.ClH/c1-16(13-23-11-9-19-15-25-22-5-3-2-4-21(19)22)26-29(27,28)20-7-6-18-14-24-10-8-17(18)12-20;/h2-8,10,12,14-16,23,25-26H,9,11,13H2,1H3;1H/t16-;/m1./s1. The van der Waals surface area contributed by atoms with Gasteiger partial charge < -0.3 is 10.3 Å². The number of nitrogens with one attached hydrogen (secondary N) is 3. The van der Waals surface area contributed by atoms with Gasteiger partial charge in [-0.15, -0.1) is 12.4 Å². The topological polar surface area (TPSA) is 86.9 Å². The summed E-state index contributed by atoms with van der Waals surface area (Å²) < 4.78 is 28.1. The quantitative estimate of drug-likeness (QED) is 0.362. The molecule has 2 aromatic heterocycles. The van der Waals surface area contributed by atoms with Crippen LogP contribution in [0.3, 0.4) is 0 Å². The summed E-state index contributed by atoms with van der Waals surface area (Å²) in [5, 5.41) is 6.34. The van der Waals surface area contributed by atoms with Crippen LogP contribution in [-0.4, -0.2) is 37.5 Å². The van der Waals surface area contributed by atoms with Crippen LogP contribution in [-0.2, 0) is 16.4 Å². The summed E-state index contributed by atoms with van der Waals surface area (Å²) in [6.07, 6.45) is 6.29. The van der Waals surface area contributed by atoms with Gasteiger partial charge in [-0.05, 0) is 55.1 Å². The van der Waals surface area contributed by atoms with Crippen LogP contribution in [0.5, 0.6) is 0 Å². The molecule has 3 N–H and O–H groups in total. The highest BCUT2D eigenvalue weighted by Crippen LogP contribution is 2.19. The predicted molar refractivity (Wildman–Crippen MR) is 124 cm³/mol. The zero-order chi connectivity index (χ0) is 20.3. The fraction of sp³-hybridized carbons (Fsp3) is 0.227. The number of halogens is 1. The summed E-state index contributed by atoms with van der Waals surface area (Å²) >= 11 is 0. The summed E-state index contributed by atoms with van der Waals surface area (Å²) in [4.78, 5) is 7.60. The Kier molecular flexibility index (Phi) is 7.10. The first kappa shape index (κ1) is 22.2. The molecule has 6 nitrogen and oxygen atoms in total. The second-order valence-electron chi connectivity index (χ2n) is 7.22. The third kappa shape index (κ3) is 4.99. The number of hydrogen-bond acceptors (Lipinski definition) is 4. The molecule has 0 saturated heterocycles. The monoisotopic (exact) mass is 444 g/mol. The van der Waals surface area contributed by atoms with Gasteiger partial charge in [-0.1, -0.05) is 24.3 Å². The Balaban J connectivity index is 0.00000256. The van der Waals surface area contributed by atoms with Crippen molar-refractivity contribution in [3.05, 3.63) is 72.7 Å². The van der Waals surface area contributed by atoms with Gasteiger partial charge in [0.05, 0.1) is 4.90 Å². The van der Waals surface area contributed by atoms with E-state index in [1.54, 1.807) is 30.6 Å². The Morgan fingerprint density at radius 3 is 2.80 bits per heavy atom. The van der Waals surface area contributed by atoms with Crippen molar-refractivity contribution in [2.75, 3.05) is 13.1 Å². The Bertz CT molecular complexity index is 1240. The largest absolute Gasteiger partial charge is 0.361 e. The average molecular weight is 445 g/mol. The number of sulfonamides is 1. The number of para-hydroxylation sites is 1. The lowest BCUT2D eigenvalue weighted by Gasteiger charge is -2.15. The van der Waals surface area contributed by atoms with Gasteiger partial charge in [0.15, 0.2) is 0 Å². The van der Waals surface area contributed by atoms with E-state index in [2.05, 4.69) is 32.1 Å². The number of aromatic amines is 1.